The number of rotatable bonds is 3. The van der Waals surface area contributed by atoms with Crippen LogP contribution in [0.1, 0.15) is 15.9 Å². The zero-order valence-electron chi connectivity index (χ0n) is 11.4. The molecule has 0 bridgehead atoms. The van der Waals surface area contributed by atoms with Gasteiger partial charge < -0.3 is 10.6 Å². The van der Waals surface area contributed by atoms with Gasteiger partial charge in [-0.25, -0.2) is 8.78 Å². The highest BCUT2D eigenvalue weighted by Gasteiger charge is 2.15. The van der Waals surface area contributed by atoms with Crippen LogP contribution in [0.5, 0.6) is 0 Å². The van der Waals surface area contributed by atoms with Crippen molar-refractivity contribution in [3.63, 3.8) is 0 Å². The average molecular weight is 355 g/mol. The van der Waals surface area contributed by atoms with Crippen LogP contribution in [0.4, 0.5) is 20.2 Å². The zero-order valence-corrected chi connectivity index (χ0v) is 13.0. The molecule has 0 radical (unpaired) electrons. The van der Waals surface area contributed by atoms with E-state index in [9.17, 15) is 13.6 Å². The number of aryl methyl sites for hydroxylation is 1. The predicted molar refractivity (Wildman–Crippen MR) is 82.7 cm³/mol. The van der Waals surface area contributed by atoms with Gasteiger partial charge in [0.15, 0.2) is 0 Å². The van der Waals surface area contributed by atoms with Crippen LogP contribution in [0.25, 0.3) is 0 Å². The van der Waals surface area contributed by atoms with Crippen molar-refractivity contribution in [1.82, 2.24) is 0 Å². The molecule has 2 aromatic rings. The Bertz CT molecular complexity index is 704. The number of hydrogen-bond donors (Lipinski definition) is 2. The van der Waals surface area contributed by atoms with Crippen LogP contribution < -0.4 is 10.6 Å². The molecule has 0 saturated heterocycles. The molecule has 6 heteroatoms. The molecule has 0 spiro atoms. The monoisotopic (exact) mass is 354 g/mol. The molecule has 21 heavy (non-hydrogen) atoms. The molecular weight excluding hydrogens is 342 g/mol. The summed E-state index contributed by atoms with van der Waals surface area (Å²) in [6.07, 6.45) is 0. The molecule has 2 N–H and O–H groups in total. The third-order valence-corrected chi connectivity index (χ3v) is 3.55. The molecule has 0 aliphatic carbocycles. The number of hydrogen-bond acceptors (Lipinski definition) is 2. The first-order chi connectivity index (χ1) is 9.92. The van der Waals surface area contributed by atoms with Gasteiger partial charge in [0.1, 0.15) is 11.6 Å². The molecule has 0 aliphatic rings. The van der Waals surface area contributed by atoms with Crippen molar-refractivity contribution in [2.75, 3.05) is 17.7 Å². The minimum absolute atomic E-state index is 0.00393. The lowest BCUT2D eigenvalue weighted by Gasteiger charge is -2.11. The van der Waals surface area contributed by atoms with Crippen molar-refractivity contribution < 1.29 is 13.6 Å². The second-order valence-corrected chi connectivity index (χ2v) is 5.35. The third kappa shape index (κ3) is 3.39. The molecule has 0 unspecified atom stereocenters. The quantitative estimate of drug-likeness (QED) is 0.805. The smallest absolute Gasteiger partial charge is 0.257 e. The minimum atomic E-state index is -0.713. The molecule has 3 nitrogen and oxygen atoms in total. The zero-order chi connectivity index (χ0) is 15.6. The van der Waals surface area contributed by atoms with E-state index in [1.165, 1.54) is 0 Å². The van der Waals surface area contributed by atoms with Crippen LogP contribution in [0.3, 0.4) is 0 Å². The summed E-state index contributed by atoms with van der Waals surface area (Å²) in [4.78, 5) is 12.2. The lowest BCUT2D eigenvalue weighted by atomic mass is 10.1. The van der Waals surface area contributed by atoms with Gasteiger partial charge in [0.25, 0.3) is 5.91 Å². The average Bonchev–Trinajstić information content (AvgIpc) is 2.44. The van der Waals surface area contributed by atoms with Crippen molar-refractivity contribution in [2.24, 2.45) is 0 Å². The molecule has 0 aromatic heterocycles. The van der Waals surface area contributed by atoms with E-state index in [1.807, 2.05) is 6.92 Å². The molecule has 0 saturated carbocycles. The fraction of sp³-hybridized carbons (Fsp3) is 0.133. The molecular formula is C15H13BrF2N2O. The highest BCUT2D eigenvalue weighted by molar-refractivity contribution is 9.10. The van der Waals surface area contributed by atoms with Gasteiger partial charge in [-0.1, -0.05) is 6.07 Å². The Morgan fingerprint density at radius 1 is 1.10 bits per heavy atom. The van der Waals surface area contributed by atoms with E-state index in [4.69, 9.17) is 0 Å². The first-order valence-electron chi connectivity index (χ1n) is 6.16. The lowest BCUT2D eigenvalue weighted by Crippen LogP contribution is -2.15. The second kappa shape index (κ2) is 6.22. The predicted octanol–water partition coefficient (Wildman–Crippen LogP) is 4.33. The second-order valence-electron chi connectivity index (χ2n) is 4.50. The molecule has 0 atom stereocenters. The van der Waals surface area contributed by atoms with Gasteiger partial charge in [0.05, 0.1) is 15.7 Å². The standard InChI is InChI=1S/C15H13BrF2N2O/c1-8-3-4-9(13(5-8)19-2)15(21)20-14-7-11(17)10(16)6-12(14)18/h3-7,19H,1-2H3,(H,20,21). The van der Waals surface area contributed by atoms with Crippen molar-refractivity contribution in [3.8, 4) is 0 Å². The molecule has 2 aromatic carbocycles. The van der Waals surface area contributed by atoms with E-state index in [-0.39, 0.29) is 10.2 Å². The van der Waals surface area contributed by atoms with Crippen LogP contribution in [0, 0.1) is 18.6 Å². The molecule has 0 heterocycles. The van der Waals surface area contributed by atoms with Gasteiger partial charge in [-0.3, -0.25) is 4.79 Å². The first kappa shape index (κ1) is 15.4. The van der Waals surface area contributed by atoms with Gasteiger partial charge in [-0.05, 0) is 46.6 Å². The summed E-state index contributed by atoms with van der Waals surface area (Å²) in [5.41, 5.74) is 1.75. The van der Waals surface area contributed by atoms with Gasteiger partial charge in [-0.15, -0.1) is 0 Å². The van der Waals surface area contributed by atoms with E-state index in [0.29, 0.717) is 11.3 Å². The summed E-state index contributed by atoms with van der Waals surface area (Å²) in [6, 6.07) is 7.11. The topological polar surface area (TPSA) is 41.1 Å². The van der Waals surface area contributed by atoms with Gasteiger partial charge in [0.2, 0.25) is 0 Å². The molecule has 0 fully saturated rings. The number of benzene rings is 2. The number of halogens is 3. The molecule has 0 aliphatic heterocycles. The fourth-order valence-electron chi connectivity index (χ4n) is 1.87. The summed E-state index contributed by atoms with van der Waals surface area (Å²) in [6.45, 7) is 1.90. The van der Waals surface area contributed by atoms with Gasteiger partial charge >= 0.3 is 0 Å². The minimum Gasteiger partial charge on any atom is -0.387 e. The van der Waals surface area contributed by atoms with Crippen LogP contribution in [-0.2, 0) is 0 Å². The Hall–Kier alpha value is -1.95. The summed E-state index contributed by atoms with van der Waals surface area (Å²) in [5, 5.41) is 5.28. The molecule has 1 amide bonds. The van der Waals surface area contributed by atoms with Crippen LogP contribution in [0.15, 0.2) is 34.8 Å². The maximum absolute atomic E-state index is 13.7. The Kier molecular flexibility index (Phi) is 4.57. The summed E-state index contributed by atoms with van der Waals surface area (Å²) < 4.78 is 27.2. The largest absolute Gasteiger partial charge is 0.387 e. The summed E-state index contributed by atoms with van der Waals surface area (Å²) in [5.74, 6) is -1.88. The highest BCUT2D eigenvalue weighted by atomic mass is 79.9. The fourth-order valence-corrected chi connectivity index (χ4v) is 2.19. The Morgan fingerprint density at radius 3 is 2.48 bits per heavy atom. The van der Waals surface area contributed by atoms with Gasteiger partial charge in [0, 0.05) is 18.8 Å². The third-order valence-electron chi connectivity index (χ3n) is 2.95. The Labute approximate surface area is 129 Å². The summed E-state index contributed by atoms with van der Waals surface area (Å²) >= 11 is 2.88. The van der Waals surface area contributed by atoms with Crippen molar-refractivity contribution in [1.29, 1.82) is 0 Å². The van der Waals surface area contributed by atoms with Crippen LogP contribution in [0.2, 0.25) is 0 Å². The normalized spacial score (nSPS) is 10.3. The van der Waals surface area contributed by atoms with Crippen molar-refractivity contribution in [3.05, 3.63) is 57.6 Å². The molecule has 110 valence electrons. The number of nitrogens with one attached hydrogen (secondary N) is 2. The van der Waals surface area contributed by atoms with Crippen LogP contribution >= 0.6 is 15.9 Å². The van der Waals surface area contributed by atoms with E-state index < -0.39 is 17.5 Å². The Morgan fingerprint density at radius 2 is 1.81 bits per heavy atom. The SMILES string of the molecule is CNc1cc(C)ccc1C(=O)Nc1cc(F)c(Br)cc1F. The van der Waals surface area contributed by atoms with E-state index >= 15 is 0 Å². The van der Waals surface area contributed by atoms with Crippen molar-refractivity contribution >= 4 is 33.2 Å². The van der Waals surface area contributed by atoms with Crippen LogP contribution in [-0.4, -0.2) is 13.0 Å². The maximum atomic E-state index is 13.7. The highest BCUT2D eigenvalue weighted by Crippen LogP contribution is 2.25. The Balaban J connectivity index is 2.32. The molecule has 2 rings (SSSR count). The number of amides is 1. The van der Waals surface area contributed by atoms with Crippen molar-refractivity contribution in [2.45, 2.75) is 6.92 Å². The van der Waals surface area contributed by atoms with E-state index in [1.54, 1.807) is 25.2 Å². The van der Waals surface area contributed by atoms with E-state index in [2.05, 4.69) is 26.6 Å². The summed E-state index contributed by atoms with van der Waals surface area (Å²) in [7, 11) is 1.69. The number of carbonyl (C=O) groups excluding carboxylic acids is 1. The number of carbonyl (C=O) groups is 1. The van der Waals surface area contributed by atoms with E-state index in [0.717, 1.165) is 17.7 Å². The lowest BCUT2D eigenvalue weighted by molar-refractivity contribution is 0.102. The maximum Gasteiger partial charge on any atom is 0.257 e. The number of anilines is 2. The first-order valence-corrected chi connectivity index (χ1v) is 6.96. The van der Waals surface area contributed by atoms with Gasteiger partial charge in [-0.2, -0.15) is 0 Å².